The number of amidine groups is 1. The van der Waals surface area contributed by atoms with Crippen molar-refractivity contribution >= 4 is 23.2 Å². The Hall–Kier alpha value is -3.53. The van der Waals surface area contributed by atoms with Gasteiger partial charge < -0.3 is 15.4 Å². The molecule has 0 fully saturated rings. The summed E-state index contributed by atoms with van der Waals surface area (Å²) in [6, 6.07) is 15.6. The quantitative estimate of drug-likeness (QED) is 0.347. The smallest absolute Gasteiger partial charge is 0.406 e. The molecule has 10 heteroatoms. The molecule has 178 valence electrons. The number of hydrogen-bond donors (Lipinski definition) is 1. The van der Waals surface area contributed by atoms with Crippen LogP contribution in [0.4, 0.5) is 22.0 Å². The molecule has 0 spiro atoms. The maximum Gasteiger partial charge on any atom is 0.573 e. The standard InChI is InChI=1S/C23H16F5N3OS.CH4/c24-17-2-1-3-18(25)20(17)21-30-19(12-31(21)22(29)33)15-6-4-13(5-7-15)14-8-10-16(11-9-14)32-23(26,27)28;/h1-11,19H,12H2,(H2,29,33);1H4. The second kappa shape index (κ2) is 9.76. The van der Waals surface area contributed by atoms with Gasteiger partial charge in [0.05, 0.1) is 18.2 Å². The Morgan fingerprint density at radius 3 is 1.97 bits per heavy atom. The predicted octanol–water partition coefficient (Wildman–Crippen LogP) is 6.21. The van der Waals surface area contributed by atoms with Gasteiger partial charge in [0.1, 0.15) is 23.2 Å². The summed E-state index contributed by atoms with van der Waals surface area (Å²) in [5, 5.41) is -0.0586. The van der Waals surface area contributed by atoms with E-state index in [0.717, 1.165) is 23.3 Å². The van der Waals surface area contributed by atoms with E-state index in [1.807, 2.05) is 0 Å². The molecule has 0 bridgehead atoms. The van der Waals surface area contributed by atoms with Crippen molar-refractivity contribution in [3.63, 3.8) is 0 Å². The molecule has 1 aliphatic rings. The number of nitrogens with zero attached hydrogens (tertiary/aromatic N) is 2. The first-order valence-corrected chi connectivity index (χ1v) is 10.1. The van der Waals surface area contributed by atoms with Crippen LogP contribution in [0.5, 0.6) is 5.75 Å². The van der Waals surface area contributed by atoms with Crippen molar-refractivity contribution in [1.29, 1.82) is 0 Å². The molecule has 0 amide bonds. The number of thiocarbonyl (C=S) groups is 1. The fraction of sp³-hybridized carbons (Fsp3) is 0.167. The number of benzene rings is 3. The van der Waals surface area contributed by atoms with E-state index in [1.54, 1.807) is 24.3 Å². The van der Waals surface area contributed by atoms with Gasteiger partial charge in [-0.05, 0) is 53.2 Å². The van der Waals surface area contributed by atoms with Crippen LogP contribution in [0.1, 0.15) is 24.6 Å². The van der Waals surface area contributed by atoms with Gasteiger partial charge in [0.15, 0.2) is 5.11 Å². The molecule has 1 heterocycles. The first-order chi connectivity index (χ1) is 15.6. The average molecular weight is 494 g/mol. The second-order valence-electron chi connectivity index (χ2n) is 7.21. The van der Waals surface area contributed by atoms with Crippen molar-refractivity contribution in [3.05, 3.63) is 89.5 Å². The van der Waals surface area contributed by atoms with Gasteiger partial charge in [0, 0.05) is 0 Å². The highest BCUT2D eigenvalue weighted by molar-refractivity contribution is 7.80. The molecule has 4 nitrogen and oxygen atoms in total. The van der Waals surface area contributed by atoms with Gasteiger partial charge in [0.2, 0.25) is 0 Å². The van der Waals surface area contributed by atoms with Crippen LogP contribution < -0.4 is 10.5 Å². The number of rotatable bonds is 4. The molecule has 3 aromatic carbocycles. The number of alkyl halides is 3. The van der Waals surface area contributed by atoms with Crippen molar-refractivity contribution in [2.24, 2.45) is 10.7 Å². The molecule has 0 aliphatic carbocycles. The van der Waals surface area contributed by atoms with E-state index in [1.165, 1.54) is 35.2 Å². The Bertz CT molecular complexity index is 1190. The molecular formula is C24H20F5N3OS. The van der Waals surface area contributed by atoms with Crippen molar-refractivity contribution in [1.82, 2.24) is 4.90 Å². The SMILES string of the molecule is C.NC(=S)N1CC(c2ccc(-c3ccc(OC(F)(F)F)cc3)cc2)N=C1c1c(F)cccc1F. The maximum absolute atomic E-state index is 14.3. The van der Waals surface area contributed by atoms with E-state index in [-0.39, 0.29) is 36.2 Å². The molecule has 1 atom stereocenters. The van der Waals surface area contributed by atoms with E-state index >= 15 is 0 Å². The molecule has 2 N–H and O–H groups in total. The maximum atomic E-state index is 14.3. The second-order valence-corrected chi connectivity index (χ2v) is 7.63. The van der Waals surface area contributed by atoms with Gasteiger partial charge in [-0.1, -0.05) is 49.9 Å². The normalized spacial score (nSPS) is 15.5. The van der Waals surface area contributed by atoms with E-state index < -0.39 is 24.0 Å². The predicted molar refractivity (Wildman–Crippen MR) is 124 cm³/mol. The van der Waals surface area contributed by atoms with Crippen LogP contribution in [-0.2, 0) is 0 Å². The highest BCUT2D eigenvalue weighted by atomic mass is 32.1. The van der Waals surface area contributed by atoms with Crippen molar-refractivity contribution in [3.8, 4) is 16.9 Å². The van der Waals surface area contributed by atoms with Crippen molar-refractivity contribution in [2.45, 2.75) is 19.8 Å². The van der Waals surface area contributed by atoms with Gasteiger partial charge in [-0.25, -0.2) is 8.78 Å². The van der Waals surface area contributed by atoms with Crippen molar-refractivity contribution in [2.75, 3.05) is 6.54 Å². The minimum Gasteiger partial charge on any atom is -0.406 e. The summed E-state index contributed by atoms with van der Waals surface area (Å²) in [5.74, 6) is -1.84. The van der Waals surface area contributed by atoms with Gasteiger partial charge in [-0.15, -0.1) is 13.2 Å². The van der Waals surface area contributed by atoms with Crippen LogP contribution in [-0.4, -0.2) is 28.8 Å². The Kier molecular flexibility index (Phi) is 7.21. The van der Waals surface area contributed by atoms with Crippen LogP contribution in [0.3, 0.4) is 0 Å². The van der Waals surface area contributed by atoms with Gasteiger partial charge >= 0.3 is 6.36 Å². The van der Waals surface area contributed by atoms with Gasteiger partial charge in [-0.3, -0.25) is 4.99 Å². The third-order valence-corrected chi connectivity index (χ3v) is 5.28. The largest absolute Gasteiger partial charge is 0.573 e. The zero-order chi connectivity index (χ0) is 23.8. The van der Waals surface area contributed by atoms with Gasteiger partial charge in [0.25, 0.3) is 0 Å². The number of hydrogen-bond acceptors (Lipinski definition) is 3. The first kappa shape index (κ1) is 25.1. The molecule has 0 saturated heterocycles. The molecule has 1 aliphatic heterocycles. The van der Waals surface area contributed by atoms with Gasteiger partial charge in [-0.2, -0.15) is 0 Å². The monoisotopic (exact) mass is 493 g/mol. The lowest BCUT2D eigenvalue weighted by Gasteiger charge is -2.19. The summed E-state index contributed by atoms with van der Waals surface area (Å²) in [6.07, 6.45) is -4.75. The fourth-order valence-corrected chi connectivity index (χ4v) is 3.71. The van der Waals surface area contributed by atoms with E-state index in [9.17, 15) is 22.0 Å². The van der Waals surface area contributed by atoms with E-state index in [0.29, 0.717) is 5.56 Å². The highest BCUT2D eigenvalue weighted by Gasteiger charge is 2.32. The molecule has 0 radical (unpaired) electrons. The zero-order valence-corrected chi connectivity index (χ0v) is 17.6. The number of ether oxygens (including phenoxy) is 1. The Morgan fingerprint density at radius 2 is 1.47 bits per heavy atom. The highest BCUT2D eigenvalue weighted by Crippen LogP contribution is 2.31. The van der Waals surface area contributed by atoms with E-state index in [4.69, 9.17) is 18.0 Å². The fourth-order valence-electron chi connectivity index (χ4n) is 3.55. The molecule has 3 aromatic rings. The lowest BCUT2D eigenvalue weighted by molar-refractivity contribution is -0.274. The zero-order valence-electron chi connectivity index (χ0n) is 16.8. The summed E-state index contributed by atoms with van der Waals surface area (Å²) < 4.78 is 69.5. The molecule has 1 unspecified atom stereocenters. The molecule has 0 aromatic heterocycles. The molecular weight excluding hydrogens is 473 g/mol. The third kappa shape index (κ3) is 5.33. The first-order valence-electron chi connectivity index (χ1n) is 9.67. The topological polar surface area (TPSA) is 50.8 Å². The van der Waals surface area contributed by atoms with Crippen LogP contribution in [0.2, 0.25) is 0 Å². The number of aliphatic imine (C=N–C) groups is 1. The molecule has 4 rings (SSSR count). The van der Waals surface area contributed by atoms with Crippen LogP contribution in [0.25, 0.3) is 11.1 Å². The average Bonchev–Trinajstić information content (AvgIpc) is 3.19. The van der Waals surface area contributed by atoms with E-state index in [2.05, 4.69) is 9.73 Å². The summed E-state index contributed by atoms with van der Waals surface area (Å²) in [5.41, 5.74) is 7.66. The van der Waals surface area contributed by atoms with Crippen LogP contribution >= 0.6 is 12.2 Å². The van der Waals surface area contributed by atoms with Crippen LogP contribution in [0.15, 0.2) is 71.7 Å². The lowest BCUT2D eigenvalue weighted by atomic mass is 10.0. The molecule has 34 heavy (non-hydrogen) atoms. The number of halogens is 5. The number of nitrogens with two attached hydrogens (primary N) is 1. The Balaban J connectivity index is 0.00000324. The summed E-state index contributed by atoms with van der Waals surface area (Å²) in [4.78, 5) is 5.86. The molecule has 0 saturated carbocycles. The Labute approximate surface area is 198 Å². The summed E-state index contributed by atoms with van der Waals surface area (Å²) >= 11 is 5.05. The summed E-state index contributed by atoms with van der Waals surface area (Å²) in [6.45, 7) is 0.210. The Morgan fingerprint density at radius 1 is 0.941 bits per heavy atom. The summed E-state index contributed by atoms with van der Waals surface area (Å²) in [7, 11) is 0. The van der Waals surface area contributed by atoms with Crippen LogP contribution in [0, 0.1) is 11.6 Å². The minimum absolute atomic E-state index is 0. The minimum atomic E-state index is -4.75. The third-order valence-electron chi connectivity index (χ3n) is 5.06. The lowest BCUT2D eigenvalue weighted by Crippen LogP contribution is -2.39. The van der Waals surface area contributed by atoms with Crippen molar-refractivity contribution < 1.29 is 26.7 Å².